The Balaban J connectivity index is 1.52. The molecule has 0 saturated carbocycles. The van der Waals surface area contributed by atoms with Crippen LogP contribution in [0.25, 0.3) is 10.6 Å². The largest absolute Gasteiger partial charge is 0.472 e. The molecule has 1 aromatic carbocycles. The summed E-state index contributed by atoms with van der Waals surface area (Å²) in [4.78, 5) is 16.6. The lowest BCUT2D eigenvalue weighted by molar-refractivity contribution is -0.120. The third kappa shape index (κ3) is 4.07. The van der Waals surface area contributed by atoms with Crippen molar-refractivity contribution in [1.29, 1.82) is 0 Å². The molecule has 1 N–H and O–H groups in total. The summed E-state index contributed by atoms with van der Waals surface area (Å²) in [5, 5.41) is 5.77. The summed E-state index contributed by atoms with van der Waals surface area (Å²) < 4.78 is 5.05. The van der Waals surface area contributed by atoms with Gasteiger partial charge in [0.05, 0.1) is 18.4 Å². The molecule has 5 heteroatoms. The first kappa shape index (κ1) is 15.5. The minimum Gasteiger partial charge on any atom is -0.472 e. The van der Waals surface area contributed by atoms with Crippen molar-refractivity contribution in [3.05, 3.63) is 65.6 Å². The number of nitrogens with zero attached hydrogens (tertiary/aromatic N) is 1. The Kier molecular flexibility index (Phi) is 4.88. The van der Waals surface area contributed by atoms with Crippen LogP contribution in [0.1, 0.15) is 24.1 Å². The molecule has 3 aromatic rings. The Morgan fingerprint density at radius 2 is 2.13 bits per heavy atom. The molecule has 0 spiro atoms. The molecule has 2 aromatic heterocycles. The summed E-state index contributed by atoms with van der Waals surface area (Å²) >= 11 is 1.52. The predicted octanol–water partition coefficient (Wildman–Crippen LogP) is 3.87. The van der Waals surface area contributed by atoms with Crippen molar-refractivity contribution in [2.24, 2.45) is 0 Å². The minimum absolute atomic E-state index is 0.00294. The molecule has 0 aliphatic heterocycles. The number of thiazole rings is 1. The lowest BCUT2D eigenvalue weighted by atomic mass is 10.0. The zero-order valence-corrected chi connectivity index (χ0v) is 13.7. The quantitative estimate of drug-likeness (QED) is 0.748. The molecule has 4 nitrogen and oxygen atoms in total. The third-order valence-corrected chi connectivity index (χ3v) is 4.58. The zero-order valence-electron chi connectivity index (χ0n) is 12.9. The number of nitrogens with one attached hydrogen (secondary N) is 1. The van der Waals surface area contributed by atoms with Crippen LogP contribution in [-0.2, 0) is 11.2 Å². The second-order valence-corrected chi connectivity index (χ2v) is 6.31. The number of benzene rings is 1. The lowest BCUT2D eigenvalue weighted by Gasteiger charge is -2.12. The highest BCUT2D eigenvalue weighted by Gasteiger charge is 2.11. The van der Waals surface area contributed by atoms with E-state index in [1.165, 1.54) is 16.9 Å². The molecule has 23 heavy (non-hydrogen) atoms. The maximum absolute atomic E-state index is 12.1. The number of furan rings is 1. The van der Waals surface area contributed by atoms with E-state index in [9.17, 15) is 4.79 Å². The van der Waals surface area contributed by atoms with Gasteiger partial charge in [0.25, 0.3) is 0 Å². The van der Waals surface area contributed by atoms with Gasteiger partial charge in [0.2, 0.25) is 5.91 Å². The van der Waals surface area contributed by atoms with Gasteiger partial charge in [-0.3, -0.25) is 4.79 Å². The van der Waals surface area contributed by atoms with Crippen LogP contribution in [0.2, 0.25) is 0 Å². The van der Waals surface area contributed by atoms with Gasteiger partial charge < -0.3 is 9.73 Å². The number of carbonyl (C=O) groups excluding carboxylic acids is 1. The summed E-state index contributed by atoms with van der Waals surface area (Å²) in [5.41, 5.74) is 2.96. The Morgan fingerprint density at radius 1 is 1.30 bits per heavy atom. The van der Waals surface area contributed by atoms with Gasteiger partial charge in [-0.25, -0.2) is 4.98 Å². The average molecular weight is 326 g/mol. The molecule has 0 aliphatic rings. The van der Waals surface area contributed by atoms with E-state index in [4.69, 9.17) is 4.42 Å². The smallest absolute Gasteiger partial charge is 0.226 e. The summed E-state index contributed by atoms with van der Waals surface area (Å²) in [6.45, 7) is 2.73. The van der Waals surface area contributed by atoms with E-state index in [1.807, 2.05) is 29.6 Å². The number of amides is 1. The zero-order chi connectivity index (χ0) is 16.1. The molecular weight excluding hydrogens is 308 g/mol. The van der Waals surface area contributed by atoms with Crippen molar-refractivity contribution < 1.29 is 9.21 Å². The molecular formula is C18H18N2O2S. The van der Waals surface area contributed by atoms with Gasteiger partial charge >= 0.3 is 0 Å². The van der Waals surface area contributed by atoms with Gasteiger partial charge in [-0.05, 0) is 17.5 Å². The first-order chi connectivity index (χ1) is 11.2. The standard InChI is InChI=1S/C18H18N2O2S/c1-13(14-5-3-2-4-6-14)10-19-17(21)9-16-12-23-18(20-16)15-7-8-22-11-15/h2-8,11-13H,9-10H2,1H3,(H,19,21)/t13-/m0/s1. The highest BCUT2D eigenvalue weighted by atomic mass is 32.1. The van der Waals surface area contributed by atoms with Crippen molar-refractivity contribution in [2.45, 2.75) is 19.3 Å². The van der Waals surface area contributed by atoms with Gasteiger partial charge in [0, 0.05) is 17.5 Å². The van der Waals surface area contributed by atoms with Crippen molar-refractivity contribution in [1.82, 2.24) is 10.3 Å². The van der Waals surface area contributed by atoms with Crippen LogP contribution in [0.5, 0.6) is 0 Å². The summed E-state index contributed by atoms with van der Waals surface area (Å²) in [6, 6.07) is 12.0. The second kappa shape index (κ2) is 7.24. The van der Waals surface area contributed by atoms with Crippen LogP contribution in [0.15, 0.2) is 58.7 Å². The second-order valence-electron chi connectivity index (χ2n) is 5.45. The van der Waals surface area contributed by atoms with Crippen LogP contribution in [-0.4, -0.2) is 17.4 Å². The van der Waals surface area contributed by atoms with E-state index in [1.54, 1.807) is 12.5 Å². The topological polar surface area (TPSA) is 55.1 Å². The maximum atomic E-state index is 12.1. The third-order valence-electron chi connectivity index (χ3n) is 3.64. The first-order valence-electron chi connectivity index (χ1n) is 7.51. The molecule has 0 saturated heterocycles. The Labute approximate surface area is 139 Å². The number of hydrogen-bond acceptors (Lipinski definition) is 4. The predicted molar refractivity (Wildman–Crippen MR) is 91.4 cm³/mol. The summed E-state index contributed by atoms with van der Waals surface area (Å²) in [7, 11) is 0. The van der Waals surface area contributed by atoms with Crippen LogP contribution in [0.4, 0.5) is 0 Å². The molecule has 0 radical (unpaired) electrons. The van der Waals surface area contributed by atoms with Crippen molar-refractivity contribution in [2.75, 3.05) is 6.54 Å². The molecule has 3 rings (SSSR count). The minimum atomic E-state index is -0.00294. The van der Waals surface area contributed by atoms with Crippen LogP contribution < -0.4 is 5.32 Å². The number of carbonyl (C=O) groups is 1. The van der Waals surface area contributed by atoms with Crippen LogP contribution in [0, 0.1) is 0 Å². The molecule has 0 aliphatic carbocycles. The fourth-order valence-corrected chi connectivity index (χ4v) is 3.11. The molecule has 0 unspecified atom stereocenters. The molecule has 1 atom stereocenters. The van der Waals surface area contributed by atoms with Gasteiger partial charge in [-0.1, -0.05) is 37.3 Å². The SMILES string of the molecule is C[C@@H](CNC(=O)Cc1csc(-c2ccoc2)n1)c1ccccc1. The van der Waals surface area contributed by atoms with Gasteiger partial charge in [0.1, 0.15) is 11.3 Å². The fraction of sp³-hybridized carbons (Fsp3) is 0.222. The van der Waals surface area contributed by atoms with E-state index in [0.29, 0.717) is 13.0 Å². The number of aromatic nitrogens is 1. The number of hydrogen-bond donors (Lipinski definition) is 1. The maximum Gasteiger partial charge on any atom is 0.226 e. The van der Waals surface area contributed by atoms with Gasteiger partial charge in [-0.2, -0.15) is 0 Å². The van der Waals surface area contributed by atoms with Crippen LogP contribution >= 0.6 is 11.3 Å². The average Bonchev–Trinajstić information content (AvgIpc) is 3.24. The Hall–Kier alpha value is -2.40. The lowest BCUT2D eigenvalue weighted by Crippen LogP contribution is -2.28. The van der Waals surface area contributed by atoms with Crippen molar-refractivity contribution in [3.63, 3.8) is 0 Å². The Morgan fingerprint density at radius 3 is 2.87 bits per heavy atom. The summed E-state index contributed by atoms with van der Waals surface area (Å²) in [5.74, 6) is 0.286. The van der Waals surface area contributed by atoms with Gasteiger partial charge in [0.15, 0.2) is 0 Å². The van der Waals surface area contributed by atoms with E-state index in [2.05, 4.69) is 29.4 Å². The fourth-order valence-electron chi connectivity index (χ4n) is 2.30. The monoisotopic (exact) mass is 326 g/mol. The first-order valence-corrected chi connectivity index (χ1v) is 8.39. The molecule has 118 valence electrons. The van der Waals surface area contributed by atoms with Crippen molar-refractivity contribution in [3.8, 4) is 10.6 Å². The highest BCUT2D eigenvalue weighted by molar-refractivity contribution is 7.13. The molecule has 0 fully saturated rings. The van der Waals surface area contributed by atoms with E-state index in [0.717, 1.165) is 16.3 Å². The molecule has 0 bridgehead atoms. The molecule has 1 amide bonds. The normalized spacial score (nSPS) is 12.0. The van der Waals surface area contributed by atoms with E-state index < -0.39 is 0 Å². The van der Waals surface area contributed by atoms with Gasteiger partial charge in [-0.15, -0.1) is 11.3 Å². The van der Waals surface area contributed by atoms with E-state index in [-0.39, 0.29) is 11.8 Å². The van der Waals surface area contributed by atoms with Crippen molar-refractivity contribution >= 4 is 17.2 Å². The summed E-state index contributed by atoms with van der Waals surface area (Å²) in [6.07, 6.45) is 3.58. The van der Waals surface area contributed by atoms with Crippen LogP contribution in [0.3, 0.4) is 0 Å². The highest BCUT2D eigenvalue weighted by Crippen LogP contribution is 2.24. The number of rotatable bonds is 6. The van der Waals surface area contributed by atoms with E-state index >= 15 is 0 Å². The molecule has 2 heterocycles. The Bertz CT molecular complexity index is 750.